The number of ether oxygens (including phenoxy) is 3. The van der Waals surface area contributed by atoms with Crippen LogP contribution >= 0.6 is 11.6 Å². The molecule has 168 valence electrons. The zero-order valence-electron chi connectivity index (χ0n) is 16.5. The van der Waals surface area contributed by atoms with Gasteiger partial charge in [0, 0.05) is 11.8 Å². The number of benzene rings is 1. The molecule has 2 rings (SSSR count). The molecule has 1 aromatic heterocycles. The molecule has 0 bridgehead atoms. The summed E-state index contributed by atoms with van der Waals surface area (Å²) in [6.07, 6.45) is -2.80. The minimum absolute atomic E-state index is 0.106. The summed E-state index contributed by atoms with van der Waals surface area (Å²) >= 11 is 5.80. The number of nitrogens with zero attached hydrogens (tertiary/aromatic N) is 1. The predicted octanol–water partition coefficient (Wildman–Crippen LogP) is 3.55. The van der Waals surface area contributed by atoms with Crippen molar-refractivity contribution in [3.8, 4) is 17.4 Å². The number of pyridine rings is 1. The lowest BCUT2D eigenvalue weighted by atomic mass is 10.2. The third-order valence-electron chi connectivity index (χ3n) is 3.62. The summed E-state index contributed by atoms with van der Waals surface area (Å²) in [4.78, 5) is 28.0. The summed E-state index contributed by atoms with van der Waals surface area (Å²) in [6.45, 7) is 0.852. The molecule has 0 atom stereocenters. The third-order valence-corrected chi connectivity index (χ3v) is 3.89. The number of halogens is 4. The lowest BCUT2D eigenvalue weighted by Crippen LogP contribution is -2.41. The average Bonchev–Trinajstić information content (AvgIpc) is 2.74. The first-order chi connectivity index (χ1) is 14.6. The van der Waals surface area contributed by atoms with Crippen LogP contribution in [0.2, 0.25) is 5.02 Å². The van der Waals surface area contributed by atoms with Gasteiger partial charge in [-0.3, -0.25) is 20.4 Å². The summed E-state index contributed by atoms with van der Waals surface area (Å²) in [6, 6.07) is 5.55. The Morgan fingerprint density at radius 1 is 1.06 bits per heavy atom. The number of carbonyl (C=O) groups is 2. The highest BCUT2D eigenvalue weighted by Gasteiger charge is 2.29. The van der Waals surface area contributed by atoms with E-state index < -0.39 is 30.5 Å². The molecule has 2 amide bonds. The highest BCUT2D eigenvalue weighted by molar-refractivity contribution is 6.32. The van der Waals surface area contributed by atoms with Gasteiger partial charge >= 0.3 is 6.18 Å². The number of amides is 2. The van der Waals surface area contributed by atoms with E-state index in [0.717, 1.165) is 18.7 Å². The Balaban J connectivity index is 1.99. The number of aromatic nitrogens is 1. The van der Waals surface area contributed by atoms with E-state index >= 15 is 0 Å². The van der Waals surface area contributed by atoms with Crippen molar-refractivity contribution >= 4 is 23.4 Å². The van der Waals surface area contributed by atoms with Gasteiger partial charge < -0.3 is 14.2 Å². The molecule has 0 saturated carbocycles. The second-order valence-corrected chi connectivity index (χ2v) is 6.44. The summed E-state index contributed by atoms with van der Waals surface area (Å²) in [5.74, 6) is -1.09. The minimum atomic E-state index is -4.56. The van der Waals surface area contributed by atoms with E-state index in [1.165, 1.54) is 19.2 Å². The Labute approximate surface area is 180 Å². The van der Waals surface area contributed by atoms with Crippen LogP contribution in [0.15, 0.2) is 30.5 Å². The van der Waals surface area contributed by atoms with Gasteiger partial charge in [0.2, 0.25) is 5.88 Å². The Kier molecular flexibility index (Phi) is 8.31. The smallest absolute Gasteiger partial charge is 0.422 e. The second kappa shape index (κ2) is 10.7. The molecule has 0 spiro atoms. The summed E-state index contributed by atoms with van der Waals surface area (Å²) in [5, 5.41) is -0.296. The van der Waals surface area contributed by atoms with Crippen molar-refractivity contribution in [2.45, 2.75) is 19.5 Å². The largest absolute Gasteiger partial charge is 0.493 e. The predicted molar refractivity (Wildman–Crippen MR) is 105 cm³/mol. The van der Waals surface area contributed by atoms with E-state index in [4.69, 9.17) is 21.1 Å². The fourth-order valence-electron chi connectivity index (χ4n) is 2.20. The first-order valence-electron chi connectivity index (χ1n) is 8.91. The molecule has 2 aromatic rings. The molecule has 12 heteroatoms. The zero-order chi connectivity index (χ0) is 23.0. The fraction of sp³-hybridized carbons (Fsp3) is 0.316. The maximum absolute atomic E-state index is 12.3. The third kappa shape index (κ3) is 7.21. The summed E-state index contributed by atoms with van der Waals surface area (Å²) in [7, 11) is 1.43. The Morgan fingerprint density at radius 3 is 2.32 bits per heavy atom. The normalized spacial score (nSPS) is 10.9. The van der Waals surface area contributed by atoms with Crippen molar-refractivity contribution in [1.29, 1.82) is 0 Å². The quantitative estimate of drug-likeness (QED) is 0.583. The molecular weight excluding hydrogens is 443 g/mol. The van der Waals surface area contributed by atoms with E-state index in [2.05, 4.69) is 20.6 Å². The monoisotopic (exact) mass is 461 g/mol. The van der Waals surface area contributed by atoms with Crippen molar-refractivity contribution in [2.24, 2.45) is 0 Å². The highest BCUT2D eigenvalue weighted by Crippen LogP contribution is 2.28. The van der Waals surface area contributed by atoms with Gasteiger partial charge in [-0.15, -0.1) is 0 Å². The van der Waals surface area contributed by atoms with Gasteiger partial charge in [-0.25, -0.2) is 4.98 Å². The lowest BCUT2D eigenvalue weighted by molar-refractivity contribution is -0.154. The molecule has 2 N–H and O–H groups in total. The number of hydrogen-bond acceptors (Lipinski definition) is 6. The van der Waals surface area contributed by atoms with Crippen LogP contribution in [0.25, 0.3) is 0 Å². The number of carbonyl (C=O) groups excluding carboxylic acids is 2. The SMILES string of the molecule is CCCOc1ccc(C(=O)NNC(=O)c2cnc(OCC(F)(F)F)c(Cl)c2)cc1OC. The van der Waals surface area contributed by atoms with E-state index in [1.54, 1.807) is 6.07 Å². The van der Waals surface area contributed by atoms with Crippen LogP contribution < -0.4 is 25.1 Å². The maximum atomic E-state index is 12.3. The van der Waals surface area contributed by atoms with E-state index in [1.807, 2.05) is 6.92 Å². The molecule has 0 fully saturated rings. The van der Waals surface area contributed by atoms with Gasteiger partial charge in [-0.1, -0.05) is 18.5 Å². The highest BCUT2D eigenvalue weighted by atomic mass is 35.5. The van der Waals surface area contributed by atoms with E-state index in [-0.39, 0.29) is 16.1 Å². The summed E-state index contributed by atoms with van der Waals surface area (Å²) < 4.78 is 51.8. The molecule has 0 aliphatic rings. The topological polar surface area (TPSA) is 98.8 Å². The Morgan fingerprint density at radius 2 is 1.74 bits per heavy atom. The Hall–Kier alpha value is -3.21. The van der Waals surface area contributed by atoms with Crippen molar-refractivity contribution in [3.63, 3.8) is 0 Å². The number of nitrogens with one attached hydrogen (secondary N) is 2. The second-order valence-electron chi connectivity index (χ2n) is 6.04. The van der Waals surface area contributed by atoms with E-state index in [0.29, 0.717) is 18.1 Å². The molecule has 0 radical (unpaired) electrons. The van der Waals surface area contributed by atoms with Crippen LogP contribution in [-0.4, -0.2) is 43.3 Å². The van der Waals surface area contributed by atoms with Gasteiger partial charge in [0.1, 0.15) is 5.02 Å². The molecule has 31 heavy (non-hydrogen) atoms. The summed E-state index contributed by atoms with van der Waals surface area (Å²) in [5.41, 5.74) is 4.44. The van der Waals surface area contributed by atoms with Gasteiger partial charge in [-0.2, -0.15) is 13.2 Å². The standard InChI is InChI=1S/C19H19ClF3N3O5/c1-3-6-30-14-5-4-11(8-15(14)29-2)16(27)25-26-17(28)12-7-13(20)18(24-9-12)31-10-19(21,22)23/h4-5,7-9H,3,6,10H2,1-2H3,(H,25,27)(H,26,28). The van der Waals surface area contributed by atoms with Crippen molar-refractivity contribution in [3.05, 3.63) is 46.6 Å². The Bertz CT molecular complexity index is 940. The molecule has 1 heterocycles. The number of hydrazine groups is 1. The van der Waals surface area contributed by atoms with Crippen LogP contribution in [0.5, 0.6) is 17.4 Å². The first kappa shape index (κ1) is 24.1. The fourth-order valence-corrected chi connectivity index (χ4v) is 2.42. The molecule has 1 aromatic carbocycles. The molecular formula is C19H19ClF3N3O5. The van der Waals surface area contributed by atoms with Crippen LogP contribution in [0.1, 0.15) is 34.1 Å². The van der Waals surface area contributed by atoms with E-state index in [9.17, 15) is 22.8 Å². The number of alkyl halides is 3. The van der Waals surface area contributed by atoms with Gasteiger partial charge in [-0.05, 0) is 30.7 Å². The van der Waals surface area contributed by atoms with Crippen molar-refractivity contribution in [1.82, 2.24) is 15.8 Å². The van der Waals surface area contributed by atoms with Crippen LogP contribution in [0, 0.1) is 0 Å². The number of hydrogen-bond donors (Lipinski definition) is 2. The maximum Gasteiger partial charge on any atom is 0.422 e. The van der Waals surface area contributed by atoms with Crippen molar-refractivity contribution in [2.75, 3.05) is 20.3 Å². The molecule has 0 aliphatic heterocycles. The average molecular weight is 462 g/mol. The zero-order valence-corrected chi connectivity index (χ0v) is 17.3. The van der Waals surface area contributed by atoms with Crippen LogP contribution in [0.3, 0.4) is 0 Å². The van der Waals surface area contributed by atoms with Gasteiger partial charge in [0.25, 0.3) is 11.8 Å². The minimum Gasteiger partial charge on any atom is -0.493 e. The number of rotatable bonds is 8. The molecule has 0 aliphatic carbocycles. The van der Waals surface area contributed by atoms with Crippen molar-refractivity contribution < 1.29 is 37.0 Å². The number of methoxy groups -OCH3 is 1. The molecule has 0 saturated heterocycles. The van der Waals surface area contributed by atoms with Gasteiger partial charge in [0.15, 0.2) is 18.1 Å². The van der Waals surface area contributed by atoms with Crippen LogP contribution in [-0.2, 0) is 0 Å². The lowest BCUT2D eigenvalue weighted by Gasteiger charge is -2.12. The van der Waals surface area contributed by atoms with Gasteiger partial charge in [0.05, 0.1) is 19.3 Å². The molecule has 8 nitrogen and oxygen atoms in total. The molecule has 0 unspecified atom stereocenters. The first-order valence-corrected chi connectivity index (χ1v) is 9.29. The van der Waals surface area contributed by atoms with Crippen LogP contribution in [0.4, 0.5) is 13.2 Å².